The second kappa shape index (κ2) is 3.30. The number of epoxide rings is 1. The molecule has 2 heterocycles. The van der Waals surface area contributed by atoms with Gasteiger partial charge in [0.05, 0.1) is 17.8 Å². The number of Topliss-reactive ketones (excluding diaryl/α,β-unsaturated/α-hetero) is 1. The lowest BCUT2D eigenvalue weighted by molar-refractivity contribution is -0.117. The zero-order valence-corrected chi connectivity index (χ0v) is 11.4. The minimum absolute atomic E-state index is 0.0163. The number of ketones is 1. The molecule has 4 heteroatoms. The van der Waals surface area contributed by atoms with Gasteiger partial charge in [-0.2, -0.15) is 0 Å². The van der Waals surface area contributed by atoms with E-state index in [1.807, 2.05) is 6.92 Å². The van der Waals surface area contributed by atoms with Gasteiger partial charge >= 0.3 is 0 Å². The van der Waals surface area contributed by atoms with E-state index in [9.17, 15) is 9.90 Å². The molecule has 1 N–H and O–H groups in total. The van der Waals surface area contributed by atoms with Crippen LogP contribution in [0.5, 0.6) is 0 Å². The van der Waals surface area contributed by atoms with Crippen LogP contribution in [0.2, 0.25) is 0 Å². The van der Waals surface area contributed by atoms with E-state index in [-0.39, 0.29) is 29.8 Å². The van der Waals surface area contributed by atoms with Crippen molar-refractivity contribution in [1.82, 2.24) is 0 Å². The fraction of sp³-hybridized carbons (Fsp3) is 0.800. The van der Waals surface area contributed by atoms with Crippen molar-refractivity contribution in [2.75, 3.05) is 0 Å². The molecule has 0 aromatic rings. The largest absolute Gasteiger partial charge is 0.387 e. The van der Waals surface area contributed by atoms with Crippen molar-refractivity contribution < 1.29 is 19.4 Å². The lowest BCUT2D eigenvalue weighted by Gasteiger charge is -2.30. The van der Waals surface area contributed by atoms with Crippen LogP contribution in [0, 0.1) is 11.8 Å². The monoisotopic (exact) mass is 264 g/mol. The molecule has 4 fully saturated rings. The molecule has 0 aromatic heterocycles. The average molecular weight is 264 g/mol. The minimum Gasteiger partial charge on any atom is -0.387 e. The SMILES string of the molecule is C=C1C(=O)[C@@H]2O[C@@]23[C@@H](CC[C@]3(C)O)[C@@H]2O[C@H](C)C[C@@H]12. The van der Waals surface area contributed by atoms with E-state index in [2.05, 4.69) is 6.58 Å². The summed E-state index contributed by atoms with van der Waals surface area (Å²) >= 11 is 0. The van der Waals surface area contributed by atoms with Crippen molar-refractivity contribution in [2.24, 2.45) is 11.8 Å². The second-order valence-electron chi connectivity index (χ2n) is 6.85. The zero-order chi connectivity index (χ0) is 13.6. The van der Waals surface area contributed by atoms with Crippen LogP contribution in [0.1, 0.15) is 33.1 Å². The summed E-state index contributed by atoms with van der Waals surface area (Å²) < 4.78 is 11.8. The van der Waals surface area contributed by atoms with E-state index in [1.54, 1.807) is 6.92 Å². The molecule has 0 unspecified atom stereocenters. The first-order valence-corrected chi connectivity index (χ1v) is 7.17. The van der Waals surface area contributed by atoms with E-state index in [0.717, 1.165) is 12.8 Å². The van der Waals surface area contributed by atoms with E-state index >= 15 is 0 Å². The van der Waals surface area contributed by atoms with Crippen LogP contribution in [0.25, 0.3) is 0 Å². The van der Waals surface area contributed by atoms with Gasteiger partial charge in [0.1, 0.15) is 5.60 Å². The molecule has 0 aromatic carbocycles. The van der Waals surface area contributed by atoms with E-state index in [4.69, 9.17) is 9.47 Å². The normalized spacial score (nSPS) is 59.4. The first kappa shape index (κ1) is 12.1. The van der Waals surface area contributed by atoms with Crippen LogP contribution in [-0.2, 0) is 14.3 Å². The molecule has 104 valence electrons. The highest BCUT2D eigenvalue weighted by molar-refractivity contribution is 6.02. The Hall–Kier alpha value is -0.710. The highest BCUT2D eigenvalue weighted by Gasteiger charge is 2.79. The van der Waals surface area contributed by atoms with Gasteiger partial charge in [0, 0.05) is 11.8 Å². The van der Waals surface area contributed by atoms with Crippen LogP contribution in [0.15, 0.2) is 12.2 Å². The van der Waals surface area contributed by atoms with Crippen LogP contribution in [0.3, 0.4) is 0 Å². The molecule has 2 aliphatic carbocycles. The molecule has 7 atom stereocenters. The molecule has 1 spiro atoms. The van der Waals surface area contributed by atoms with E-state index in [0.29, 0.717) is 12.0 Å². The Morgan fingerprint density at radius 3 is 2.95 bits per heavy atom. The Balaban J connectivity index is 1.82. The smallest absolute Gasteiger partial charge is 0.190 e. The zero-order valence-electron chi connectivity index (χ0n) is 11.4. The summed E-state index contributed by atoms with van der Waals surface area (Å²) in [4.78, 5) is 12.5. The van der Waals surface area contributed by atoms with E-state index < -0.39 is 17.3 Å². The van der Waals surface area contributed by atoms with Gasteiger partial charge in [0.15, 0.2) is 11.9 Å². The maximum absolute atomic E-state index is 12.5. The lowest BCUT2D eigenvalue weighted by Crippen LogP contribution is -2.46. The first-order chi connectivity index (χ1) is 8.88. The highest BCUT2D eigenvalue weighted by atomic mass is 16.6. The molecule has 19 heavy (non-hydrogen) atoms. The Kier molecular flexibility index (Phi) is 2.09. The molecule has 4 nitrogen and oxygen atoms in total. The summed E-state index contributed by atoms with van der Waals surface area (Å²) in [7, 11) is 0. The molecule has 4 aliphatic rings. The summed E-state index contributed by atoms with van der Waals surface area (Å²) in [5.74, 6) is 0.206. The van der Waals surface area contributed by atoms with Gasteiger partial charge in [-0.05, 0) is 38.7 Å². The standard InChI is InChI=1S/C15H20O4/c1-7-6-9-8(2)11(16)13-15(19-13)10(12(9)18-7)4-5-14(15,3)17/h7,9-10,12-13,17H,2,4-6H2,1,3H3/t7-,9+,10+,12-,13+,14+,15+/m1/s1. The van der Waals surface area contributed by atoms with Crippen molar-refractivity contribution in [2.45, 2.75) is 62.6 Å². The molecule has 2 saturated heterocycles. The Bertz CT molecular complexity index is 483. The Labute approximate surface area is 112 Å². The van der Waals surface area contributed by atoms with Gasteiger partial charge in [-0.25, -0.2) is 0 Å². The van der Waals surface area contributed by atoms with Crippen LogP contribution < -0.4 is 0 Å². The third-order valence-corrected chi connectivity index (χ3v) is 5.75. The van der Waals surface area contributed by atoms with Crippen molar-refractivity contribution in [1.29, 1.82) is 0 Å². The van der Waals surface area contributed by atoms with Crippen LogP contribution in [-0.4, -0.2) is 40.4 Å². The summed E-state index contributed by atoms with van der Waals surface area (Å²) in [5, 5.41) is 10.6. The number of carbonyl (C=O) groups excluding carboxylic acids is 1. The second-order valence-corrected chi connectivity index (χ2v) is 6.85. The molecule has 0 amide bonds. The summed E-state index contributed by atoms with van der Waals surface area (Å²) in [6.45, 7) is 7.82. The highest BCUT2D eigenvalue weighted by Crippen LogP contribution is 2.64. The van der Waals surface area contributed by atoms with Gasteiger partial charge in [0.2, 0.25) is 0 Å². The molecular formula is C15H20O4. The van der Waals surface area contributed by atoms with Crippen molar-refractivity contribution in [3.05, 3.63) is 12.2 Å². The van der Waals surface area contributed by atoms with Crippen LogP contribution >= 0.6 is 0 Å². The molecule has 2 aliphatic heterocycles. The van der Waals surface area contributed by atoms with Gasteiger partial charge in [0.25, 0.3) is 0 Å². The van der Waals surface area contributed by atoms with Gasteiger partial charge in [-0.15, -0.1) is 0 Å². The number of fused-ring (bicyclic) bond motifs is 2. The van der Waals surface area contributed by atoms with Gasteiger partial charge in [-0.3, -0.25) is 4.79 Å². The lowest BCUT2D eigenvalue weighted by atomic mass is 9.80. The molecule has 4 rings (SSSR count). The predicted molar refractivity (Wildman–Crippen MR) is 67.5 cm³/mol. The molecule has 0 radical (unpaired) electrons. The molecule has 2 saturated carbocycles. The number of carbonyl (C=O) groups is 1. The molecular weight excluding hydrogens is 244 g/mol. The number of hydrogen-bond donors (Lipinski definition) is 1. The summed E-state index contributed by atoms with van der Waals surface area (Å²) in [5.41, 5.74) is -1.000. The molecule has 0 bridgehead atoms. The maximum Gasteiger partial charge on any atom is 0.190 e. The third-order valence-electron chi connectivity index (χ3n) is 5.75. The fourth-order valence-electron chi connectivity index (χ4n) is 4.73. The number of hydrogen-bond acceptors (Lipinski definition) is 4. The minimum atomic E-state index is -0.928. The third kappa shape index (κ3) is 1.23. The van der Waals surface area contributed by atoms with Crippen molar-refractivity contribution in [3.8, 4) is 0 Å². The van der Waals surface area contributed by atoms with Gasteiger partial charge in [-0.1, -0.05) is 6.58 Å². The Morgan fingerprint density at radius 1 is 1.47 bits per heavy atom. The van der Waals surface area contributed by atoms with Crippen molar-refractivity contribution in [3.63, 3.8) is 0 Å². The fourth-order valence-corrected chi connectivity index (χ4v) is 4.73. The first-order valence-electron chi connectivity index (χ1n) is 7.17. The average Bonchev–Trinajstić information content (AvgIpc) is 2.92. The van der Waals surface area contributed by atoms with E-state index in [1.165, 1.54) is 0 Å². The topological polar surface area (TPSA) is 59.1 Å². The quantitative estimate of drug-likeness (QED) is 0.528. The number of ether oxygens (including phenoxy) is 2. The Morgan fingerprint density at radius 2 is 2.21 bits per heavy atom. The van der Waals surface area contributed by atoms with Crippen molar-refractivity contribution >= 4 is 5.78 Å². The number of rotatable bonds is 0. The van der Waals surface area contributed by atoms with Crippen LogP contribution in [0.4, 0.5) is 0 Å². The summed E-state index contributed by atoms with van der Waals surface area (Å²) in [6.07, 6.45) is 2.03. The van der Waals surface area contributed by atoms with Gasteiger partial charge < -0.3 is 14.6 Å². The summed E-state index contributed by atoms with van der Waals surface area (Å²) in [6, 6.07) is 0. The maximum atomic E-state index is 12.5. The predicted octanol–water partition coefficient (Wildman–Crippen LogP) is 1.22. The number of aliphatic hydroxyl groups is 1.